The van der Waals surface area contributed by atoms with Crippen LogP contribution in [0.5, 0.6) is 0 Å². The highest BCUT2D eigenvalue weighted by molar-refractivity contribution is 5.73. The van der Waals surface area contributed by atoms with Gasteiger partial charge in [-0.05, 0) is 6.92 Å². The molecule has 0 saturated carbocycles. The summed E-state index contributed by atoms with van der Waals surface area (Å²) in [5, 5.41) is 194. The van der Waals surface area contributed by atoms with Gasteiger partial charge < -0.3 is 149 Å². The molecule has 0 aromatic heterocycles. The van der Waals surface area contributed by atoms with Crippen molar-refractivity contribution >= 4 is 5.91 Å². The number of hydrogen-bond acceptors (Lipinski definition) is 30. The van der Waals surface area contributed by atoms with Crippen LogP contribution in [0.15, 0.2) is 0 Å². The average Bonchev–Trinajstić information content (AvgIpc) is 3.32. The van der Waals surface area contributed by atoms with Crippen LogP contribution < -0.4 is 5.32 Å². The predicted octanol–water partition coefficient (Wildman–Crippen LogP) is -12.9. The maximum absolute atomic E-state index is 12.7. The van der Waals surface area contributed by atoms with Crippen LogP contribution in [0.1, 0.15) is 13.8 Å². The molecule has 69 heavy (non-hydrogen) atoms. The van der Waals surface area contributed by atoms with Gasteiger partial charge >= 0.3 is 0 Å². The summed E-state index contributed by atoms with van der Waals surface area (Å²) in [6, 6.07) is -1.79. The third-order valence-electron chi connectivity index (χ3n) is 12.8. The van der Waals surface area contributed by atoms with Gasteiger partial charge in [-0.1, -0.05) is 0 Å². The fourth-order valence-electron chi connectivity index (χ4n) is 8.84. The molecule has 0 bridgehead atoms. The quantitative estimate of drug-likeness (QED) is 0.0682. The first-order valence-corrected chi connectivity index (χ1v) is 22.0. The van der Waals surface area contributed by atoms with Gasteiger partial charge in [0.15, 0.2) is 37.7 Å². The lowest BCUT2D eigenvalue weighted by atomic mass is 9.94. The van der Waals surface area contributed by atoms with Crippen molar-refractivity contribution in [2.24, 2.45) is 0 Å². The molecule has 0 aliphatic carbocycles. The number of carbonyl (C=O) groups excluding carboxylic acids is 1. The number of aliphatic hydroxyl groups excluding tert-OH is 18. The summed E-state index contributed by atoms with van der Waals surface area (Å²) in [5.41, 5.74) is 0. The van der Waals surface area contributed by atoms with E-state index in [2.05, 4.69) is 5.32 Å². The van der Waals surface area contributed by atoms with E-state index < -0.39 is 223 Å². The molecule has 1 amide bonds. The van der Waals surface area contributed by atoms with Crippen LogP contribution in [0.2, 0.25) is 0 Å². The normalized spacial score (nSPS) is 52.1. The summed E-state index contributed by atoms with van der Waals surface area (Å²) in [6.45, 7) is -2.55. The molecular weight excluding hydrogens is 950 g/mol. The first-order chi connectivity index (χ1) is 32.6. The van der Waals surface area contributed by atoms with E-state index >= 15 is 0 Å². The highest BCUT2D eigenvalue weighted by Crippen LogP contribution is 2.37. The van der Waals surface area contributed by atoms with E-state index in [0.717, 1.165) is 6.92 Å². The van der Waals surface area contributed by atoms with Crippen molar-refractivity contribution < 1.29 is 149 Å². The van der Waals surface area contributed by atoms with Crippen molar-refractivity contribution in [3.8, 4) is 0 Å². The summed E-state index contributed by atoms with van der Waals surface area (Å²) in [7, 11) is 0. The molecule has 0 spiro atoms. The second-order valence-electron chi connectivity index (χ2n) is 17.5. The molecule has 6 aliphatic heterocycles. The first kappa shape index (κ1) is 56.6. The Balaban J connectivity index is 1.23. The van der Waals surface area contributed by atoms with E-state index in [9.17, 15) is 96.7 Å². The van der Waals surface area contributed by atoms with Gasteiger partial charge in [-0.15, -0.1) is 0 Å². The van der Waals surface area contributed by atoms with E-state index in [1.54, 1.807) is 0 Å². The molecule has 6 aliphatic rings. The summed E-state index contributed by atoms with van der Waals surface area (Å²) >= 11 is 0. The zero-order chi connectivity index (χ0) is 50.9. The van der Waals surface area contributed by atoms with E-state index in [1.165, 1.54) is 6.92 Å². The molecule has 0 aromatic rings. The van der Waals surface area contributed by atoms with Gasteiger partial charge in [0.2, 0.25) is 5.91 Å². The number of hydrogen-bond donors (Lipinski definition) is 19. The minimum absolute atomic E-state index is 0.863. The Morgan fingerprint density at radius 3 is 1.33 bits per heavy atom. The van der Waals surface area contributed by atoms with E-state index in [4.69, 9.17) is 52.1 Å². The lowest BCUT2D eigenvalue weighted by Gasteiger charge is -2.51. The molecule has 1 unspecified atom stereocenters. The molecule has 31 heteroatoms. The maximum atomic E-state index is 12.7. The molecule has 31 nitrogen and oxygen atoms in total. The van der Waals surface area contributed by atoms with Crippen LogP contribution in [-0.2, 0) is 56.9 Å². The monoisotopic (exact) mass is 1020 g/mol. The number of aliphatic hydroxyl groups is 18. The SMILES string of the molecule is CC(=O)N[C@H]1[C@H](O[C@H]2[C@@H](O)[C@@H](CO)O[C@H](O[C@@H]3[C@H](O)[C@@H](O)[C@H](O[C@H]4[C@H](O)[C@@H](O)C(O)O[C@@H]4CO)O[C@@H]3CO)[C@@H]2O)O[C@H](CO)[C@H](O)[C@@H]1O[C@@H]1O[C@H](CO)[C@H](O)[C@H](O)[C@H]1O[C@@H]1O[C@@H](C)[C@@H](O)[C@@H](O)[C@@H]1O. The summed E-state index contributed by atoms with van der Waals surface area (Å²) in [6.07, 6.45) is -54.3. The third-order valence-corrected chi connectivity index (χ3v) is 12.8. The number of amides is 1. The molecule has 0 aromatic carbocycles. The van der Waals surface area contributed by atoms with Crippen LogP contribution in [0.4, 0.5) is 0 Å². The van der Waals surface area contributed by atoms with E-state index in [-0.39, 0.29) is 0 Å². The fraction of sp³-hybridized carbons (Fsp3) is 0.974. The minimum Gasteiger partial charge on any atom is -0.394 e. The van der Waals surface area contributed by atoms with Crippen LogP contribution >= 0.6 is 0 Å². The molecule has 402 valence electrons. The molecule has 6 fully saturated rings. The number of nitrogens with one attached hydrogen (secondary N) is 1. The Morgan fingerprint density at radius 2 is 0.768 bits per heavy atom. The average molecular weight is 1020 g/mol. The van der Waals surface area contributed by atoms with Crippen molar-refractivity contribution in [2.45, 2.75) is 198 Å². The maximum Gasteiger partial charge on any atom is 0.217 e. The Hall–Kier alpha value is -1.69. The van der Waals surface area contributed by atoms with Crippen LogP contribution in [0.3, 0.4) is 0 Å². The Morgan fingerprint density at radius 1 is 0.377 bits per heavy atom. The van der Waals surface area contributed by atoms with Crippen LogP contribution in [0, 0.1) is 0 Å². The van der Waals surface area contributed by atoms with E-state index in [0.29, 0.717) is 0 Å². The lowest BCUT2D eigenvalue weighted by molar-refractivity contribution is -0.393. The van der Waals surface area contributed by atoms with Crippen molar-refractivity contribution in [1.29, 1.82) is 0 Å². The molecule has 0 radical (unpaired) electrons. The zero-order valence-corrected chi connectivity index (χ0v) is 36.8. The second-order valence-corrected chi connectivity index (χ2v) is 17.5. The Bertz CT molecular complexity index is 1610. The van der Waals surface area contributed by atoms with Gasteiger partial charge in [-0.2, -0.15) is 0 Å². The first-order valence-electron chi connectivity index (χ1n) is 22.0. The van der Waals surface area contributed by atoms with Crippen molar-refractivity contribution in [2.75, 3.05) is 33.0 Å². The predicted molar refractivity (Wildman–Crippen MR) is 209 cm³/mol. The molecule has 6 saturated heterocycles. The van der Waals surface area contributed by atoms with Gasteiger partial charge in [0.05, 0.1) is 39.1 Å². The van der Waals surface area contributed by atoms with Gasteiger partial charge in [0, 0.05) is 6.92 Å². The second kappa shape index (κ2) is 24.1. The zero-order valence-electron chi connectivity index (χ0n) is 36.8. The molecule has 19 N–H and O–H groups in total. The minimum atomic E-state index is -2.21. The van der Waals surface area contributed by atoms with Gasteiger partial charge in [-0.3, -0.25) is 4.79 Å². The Labute approximate surface area is 390 Å². The number of rotatable bonds is 16. The van der Waals surface area contributed by atoms with Crippen LogP contribution in [0.25, 0.3) is 0 Å². The Kier molecular flexibility index (Phi) is 19.8. The summed E-state index contributed by atoms with van der Waals surface area (Å²) in [4.78, 5) is 12.7. The largest absolute Gasteiger partial charge is 0.394 e. The number of carbonyl (C=O) groups is 1. The highest BCUT2D eigenvalue weighted by atomic mass is 16.8. The molecule has 6 rings (SSSR count). The highest BCUT2D eigenvalue weighted by Gasteiger charge is 2.58. The topological polar surface area (TPSA) is 495 Å². The molecular formula is C38H65NO30. The third kappa shape index (κ3) is 11.8. The lowest BCUT2D eigenvalue weighted by Crippen LogP contribution is -2.70. The summed E-state index contributed by atoms with van der Waals surface area (Å²) < 4.78 is 62.4. The van der Waals surface area contributed by atoms with Crippen molar-refractivity contribution in [3.05, 3.63) is 0 Å². The van der Waals surface area contributed by atoms with E-state index in [1.807, 2.05) is 0 Å². The van der Waals surface area contributed by atoms with Gasteiger partial charge in [-0.25, -0.2) is 0 Å². The molecule has 30 atom stereocenters. The smallest absolute Gasteiger partial charge is 0.217 e. The van der Waals surface area contributed by atoms with Gasteiger partial charge in [0.25, 0.3) is 0 Å². The van der Waals surface area contributed by atoms with Gasteiger partial charge in [0.1, 0.15) is 140 Å². The van der Waals surface area contributed by atoms with Crippen LogP contribution in [-0.4, -0.2) is 315 Å². The standard InChI is InChI=1S/C38H65NO30/c1-8-16(46)20(50)25(55)35(59-8)69-32-21(51)17(47)10(3-40)63-38(32)67-30-15(39-9(2)45)34(61-11(4-41)18(30)48)68-31-19(49)12(5-42)62-37(27(31)57)66-29-14(7-44)64-36(26(56)23(29)53)65-28-13(6-43)60-33(58)24(54)22(28)52/h8,10-38,40-44,46-58H,3-7H2,1-2H3,(H,39,45)/t8-,10+,11+,12+,13+,14+,15+,16+,17-,18-,19-,20+,21-,22+,23+,24+,25-,26+,27+,28+,29-,30+,31-,32+,33?,34-,35-,36-,37+,38-/m0/s1. The van der Waals surface area contributed by atoms with Crippen molar-refractivity contribution in [1.82, 2.24) is 5.32 Å². The van der Waals surface area contributed by atoms with Crippen molar-refractivity contribution in [3.63, 3.8) is 0 Å². The summed E-state index contributed by atoms with van der Waals surface area (Å²) in [5.74, 6) is -0.863. The number of ether oxygens (including phenoxy) is 11. The molecule has 6 heterocycles. The fourth-order valence-corrected chi connectivity index (χ4v) is 8.84.